The minimum atomic E-state index is -0.447. The molecule has 0 saturated carbocycles. The van der Waals surface area contributed by atoms with Crippen LogP contribution in [0.5, 0.6) is 0 Å². The maximum atomic E-state index is 12.7. The summed E-state index contributed by atoms with van der Waals surface area (Å²) < 4.78 is 4.78. The molecule has 0 bridgehead atoms. The van der Waals surface area contributed by atoms with Crippen molar-refractivity contribution in [2.45, 2.75) is 20.4 Å². The van der Waals surface area contributed by atoms with Gasteiger partial charge in [-0.2, -0.15) is 0 Å². The van der Waals surface area contributed by atoms with E-state index >= 15 is 0 Å². The number of aromatic nitrogens is 1. The Morgan fingerprint density at radius 3 is 2.33 bits per heavy atom. The number of ketones is 1. The summed E-state index contributed by atoms with van der Waals surface area (Å²) in [7, 11) is 4.84. The third-order valence-electron chi connectivity index (χ3n) is 4.52. The lowest BCUT2D eigenvalue weighted by Crippen LogP contribution is -3.08. The molecule has 1 heterocycles. The number of aryl methyl sites for hydroxylation is 1. The van der Waals surface area contributed by atoms with E-state index in [1.165, 1.54) is 7.11 Å². The van der Waals surface area contributed by atoms with Gasteiger partial charge in [0.1, 0.15) is 13.1 Å². The van der Waals surface area contributed by atoms with Gasteiger partial charge in [-0.3, -0.25) is 9.59 Å². The molecule has 0 aliphatic carbocycles. The zero-order chi connectivity index (χ0) is 20.1. The molecule has 0 aliphatic rings. The first-order valence-corrected chi connectivity index (χ1v) is 8.71. The van der Waals surface area contributed by atoms with Crippen molar-refractivity contribution in [3.63, 3.8) is 0 Å². The number of methoxy groups -OCH3 is 1. The highest BCUT2D eigenvalue weighted by atomic mass is 16.5. The average molecular weight is 372 g/mol. The molecule has 27 heavy (non-hydrogen) atoms. The minimum absolute atomic E-state index is 0.0646. The predicted molar refractivity (Wildman–Crippen MR) is 101 cm³/mol. The second-order valence-electron chi connectivity index (χ2n) is 6.63. The van der Waals surface area contributed by atoms with E-state index in [0.29, 0.717) is 34.6 Å². The Kier molecular flexibility index (Phi) is 6.52. The summed E-state index contributed by atoms with van der Waals surface area (Å²) in [6.07, 6.45) is 0. The normalized spacial score (nSPS) is 11.7. The summed E-state index contributed by atoms with van der Waals surface area (Å²) >= 11 is 0. The molecular weight excluding hydrogens is 346 g/mol. The fourth-order valence-corrected chi connectivity index (χ4v) is 3.13. The van der Waals surface area contributed by atoms with Crippen molar-refractivity contribution in [1.29, 1.82) is 0 Å². The molecule has 0 aliphatic heterocycles. The first-order valence-electron chi connectivity index (χ1n) is 8.71. The summed E-state index contributed by atoms with van der Waals surface area (Å²) in [5.74, 6) is -0.640. The number of aromatic amines is 1. The number of esters is 1. The van der Waals surface area contributed by atoms with Gasteiger partial charge in [0.25, 0.3) is 5.91 Å². The second kappa shape index (κ2) is 8.64. The van der Waals surface area contributed by atoms with E-state index in [9.17, 15) is 14.4 Å². The van der Waals surface area contributed by atoms with Gasteiger partial charge in [-0.15, -0.1) is 0 Å². The number of carbonyl (C=O) groups excluding carboxylic acids is 3. The lowest BCUT2D eigenvalue weighted by molar-refractivity contribution is -0.884. The quantitative estimate of drug-likeness (QED) is 0.492. The number of hydrogen-bond donors (Lipinski definition) is 3. The number of H-pyrrole nitrogens is 1. The number of Topliss-reactive ketones (excluding diaryl/α,β-unsaturated/α-hetero) is 1. The van der Waals surface area contributed by atoms with Gasteiger partial charge in [0.15, 0.2) is 0 Å². The number of ether oxygens (including phenoxy) is 1. The van der Waals surface area contributed by atoms with E-state index in [2.05, 4.69) is 10.3 Å². The smallest absolute Gasteiger partial charge is 0.339 e. The predicted octanol–water partition coefficient (Wildman–Crippen LogP) is 0.675. The van der Waals surface area contributed by atoms with Crippen LogP contribution in [0.1, 0.15) is 48.0 Å². The molecule has 144 valence electrons. The van der Waals surface area contributed by atoms with Gasteiger partial charge in [-0.25, -0.2) is 4.79 Å². The van der Waals surface area contributed by atoms with E-state index < -0.39 is 5.97 Å². The Bertz CT molecular complexity index is 853. The Morgan fingerprint density at radius 2 is 1.78 bits per heavy atom. The fourth-order valence-electron chi connectivity index (χ4n) is 3.13. The largest absolute Gasteiger partial charge is 0.465 e. The maximum Gasteiger partial charge on any atom is 0.339 e. The molecule has 2 aromatic rings. The molecule has 7 heteroatoms. The number of hydrogen-bond acceptors (Lipinski definition) is 4. The van der Waals surface area contributed by atoms with Crippen LogP contribution in [0.15, 0.2) is 24.3 Å². The molecule has 0 saturated heterocycles. The second-order valence-corrected chi connectivity index (χ2v) is 6.63. The molecule has 1 unspecified atom stereocenters. The Hall–Kier alpha value is -2.93. The van der Waals surface area contributed by atoms with Crippen LogP contribution >= 0.6 is 0 Å². The zero-order valence-electron chi connectivity index (χ0n) is 16.4. The van der Waals surface area contributed by atoms with Crippen molar-refractivity contribution < 1.29 is 24.0 Å². The third-order valence-corrected chi connectivity index (χ3v) is 4.52. The van der Waals surface area contributed by atoms with Crippen molar-refractivity contribution in [1.82, 2.24) is 10.3 Å². The number of nitrogens with one attached hydrogen (secondary N) is 3. The highest BCUT2D eigenvalue weighted by Gasteiger charge is 2.24. The summed E-state index contributed by atoms with van der Waals surface area (Å²) in [4.78, 5) is 40.1. The van der Waals surface area contributed by atoms with E-state index in [1.807, 2.05) is 19.2 Å². The van der Waals surface area contributed by atoms with Gasteiger partial charge in [0, 0.05) is 23.9 Å². The molecule has 1 amide bonds. The number of carbonyl (C=O) groups is 3. The van der Waals surface area contributed by atoms with Crippen LogP contribution in [0, 0.1) is 13.8 Å². The molecule has 0 spiro atoms. The van der Waals surface area contributed by atoms with Gasteiger partial charge >= 0.3 is 5.97 Å². The lowest BCUT2D eigenvalue weighted by Gasteiger charge is -2.13. The van der Waals surface area contributed by atoms with Crippen molar-refractivity contribution in [3.8, 4) is 0 Å². The summed E-state index contributed by atoms with van der Waals surface area (Å²) in [5, 5.41) is 2.58. The first kappa shape index (κ1) is 20.4. The fraction of sp³-hybridized carbons (Fsp3) is 0.350. The molecule has 0 fully saturated rings. The van der Waals surface area contributed by atoms with Crippen LogP contribution in [0.3, 0.4) is 0 Å². The number of likely N-dealkylation sites (N-methyl/N-ethyl adjacent to an activating group) is 1. The topological polar surface area (TPSA) is 92.7 Å². The van der Waals surface area contributed by atoms with E-state index in [4.69, 9.17) is 4.74 Å². The molecule has 2 rings (SSSR count). The van der Waals surface area contributed by atoms with E-state index in [1.54, 1.807) is 33.0 Å². The van der Waals surface area contributed by atoms with Gasteiger partial charge in [-0.05, 0) is 31.5 Å². The number of amides is 1. The van der Waals surface area contributed by atoms with Crippen molar-refractivity contribution in [2.75, 3.05) is 27.7 Å². The van der Waals surface area contributed by atoms with Crippen LogP contribution in [0.25, 0.3) is 0 Å². The van der Waals surface area contributed by atoms with Crippen LogP contribution in [-0.4, -0.2) is 50.4 Å². The standard InChI is InChI=1S/C20H25N3O4/c1-12-17(20(26)27-5)13(2)22-18(12)16(24)11-23(4)10-14-6-8-15(9-7-14)19(25)21-3/h6-9,22H,10-11H2,1-5H3,(H,21,25)/p+1. The van der Waals surface area contributed by atoms with Gasteiger partial charge in [0.05, 0.1) is 25.4 Å². The Labute approximate surface area is 158 Å². The van der Waals surface area contributed by atoms with Crippen LogP contribution in [-0.2, 0) is 11.3 Å². The lowest BCUT2D eigenvalue weighted by atomic mass is 10.1. The Balaban J connectivity index is 2.06. The van der Waals surface area contributed by atoms with Gasteiger partial charge in [-0.1, -0.05) is 12.1 Å². The van der Waals surface area contributed by atoms with Crippen molar-refractivity contribution in [3.05, 3.63) is 57.9 Å². The highest BCUT2D eigenvalue weighted by Crippen LogP contribution is 2.19. The molecule has 1 aromatic heterocycles. The molecule has 3 N–H and O–H groups in total. The summed E-state index contributed by atoms with van der Waals surface area (Å²) in [6, 6.07) is 7.31. The first-order chi connectivity index (χ1) is 12.8. The van der Waals surface area contributed by atoms with Gasteiger partial charge < -0.3 is 19.9 Å². The highest BCUT2D eigenvalue weighted by molar-refractivity contribution is 6.01. The van der Waals surface area contributed by atoms with Crippen molar-refractivity contribution in [2.24, 2.45) is 0 Å². The summed E-state index contributed by atoms with van der Waals surface area (Å²) in [5.41, 5.74) is 3.74. The average Bonchev–Trinajstić information content (AvgIpc) is 2.95. The Morgan fingerprint density at radius 1 is 1.15 bits per heavy atom. The van der Waals surface area contributed by atoms with Crippen LogP contribution < -0.4 is 10.2 Å². The van der Waals surface area contributed by atoms with Gasteiger partial charge in [0.2, 0.25) is 5.78 Å². The molecular formula is C20H26N3O4+. The summed E-state index contributed by atoms with van der Waals surface area (Å²) in [6.45, 7) is 4.41. The SMILES string of the molecule is CNC(=O)c1ccc(C[NH+](C)CC(=O)c2[nH]c(C)c(C(=O)OC)c2C)cc1. The van der Waals surface area contributed by atoms with Crippen molar-refractivity contribution >= 4 is 17.7 Å². The van der Waals surface area contributed by atoms with Crippen LogP contribution in [0.4, 0.5) is 0 Å². The van der Waals surface area contributed by atoms with Crippen LogP contribution in [0.2, 0.25) is 0 Å². The monoisotopic (exact) mass is 372 g/mol. The van der Waals surface area contributed by atoms with E-state index in [-0.39, 0.29) is 18.2 Å². The number of quaternary nitrogens is 1. The number of benzene rings is 1. The molecule has 1 atom stereocenters. The molecule has 1 aromatic carbocycles. The molecule has 7 nitrogen and oxygen atoms in total. The third kappa shape index (κ3) is 4.62. The molecule has 0 radical (unpaired) electrons. The maximum absolute atomic E-state index is 12.7. The minimum Gasteiger partial charge on any atom is -0.465 e. The van der Waals surface area contributed by atoms with E-state index in [0.717, 1.165) is 10.5 Å². The number of rotatable bonds is 7. The zero-order valence-corrected chi connectivity index (χ0v) is 16.4.